The van der Waals surface area contributed by atoms with Gasteiger partial charge in [0.2, 0.25) is 0 Å². The van der Waals surface area contributed by atoms with Crippen molar-refractivity contribution < 1.29 is 0 Å². The molecule has 0 aliphatic rings. The minimum atomic E-state index is 1.14. The normalized spacial score (nSPS) is 11.6. The average Bonchev–Trinajstić information content (AvgIpc) is 2.04. The van der Waals surface area contributed by atoms with Gasteiger partial charge in [-0.2, -0.15) is 0 Å². The van der Waals surface area contributed by atoms with Crippen molar-refractivity contribution >= 4 is 22.6 Å². The van der Waals surface area contributed by atoms with E-state index >= 15 is 0 Å². The van der Waals surface area contributed by atoms with Gasteiger partial charge in [-0.05, 0) is 33.0 Å². The third kappa shape index (κ3) is 8.34. The molecule has 0 amide bonds. The Morgan fingerprint density at radius 1 is 1.36 bits per heavy atom. The van der Waals surface area contributed by atoms with Gasteiger partial charge in [-0.25, -0.2) is 0 Å². The highest BCUT2D eigenvalue weighted by Gasteiger charge is 1.90. The lowest BCUT2D eigenvalue weighted by Gasteiger charge is -2.11. The summed E-state index contributed by atoms with van der Waals surface area (Å²) < 4.78 is 1.14. The van der Waals surface area contributed by atoms with Crippen LogP contribution >= 0.6 is 22.6 Å². The Bertz CT molecular complexity index is 102. The van der Waals surface area contributed by atoms with Crippen molar-refractivity contribution in [2.24, 2.45) is 0 Å². The Balaban J connectivity index is 3.07. The van der Waals surface area contributed by atoms with Crippen LogP contribution in [-0.4, -0.2) is 29.5 Å². The molecule has 66 valence electrons. The molecule has 0 spiro atoms. The van der Waals surface area contributed by atoms with E-state index < -0.39 is 0 Å². The standard InChI is InChI=1S/C9H18IN/c1-3-11(2)9-7-5-4-6-8-10/h4,6H,3,5,7-9H2,1-2H3/b6-4+. The topological polar surface area (TPSA) is 3.24 Å². The molecule has 0 aromatic carbocycles. The van der Waals surface area contributed by atoms with Gasteiger partial charge in [0.05, 0.1) is 0 Å². The lowest BCUT2D eigenvalue weighted by Crippen LogP contribution is -2.18. The fourth-order valence-electron chi connectivity index (χ4n) is 0.818. The summed E-state index contributed by atoms with van der Waals surface area (Å²) in [6.07, 6.45) is 7.02. The third-order valence-electron chi connectivity index (χ3n) is 1.71. The van der Waals surface area contributed by atoms with Crippen molar-refractivity contribution in [1.29, 1.82) is 0 Å². The van der Waals surface area contributed by atoms with Crippen molar-refractivity contribution in [3.05, 3.63) is 12.2 Å². The molecule has 11 heavy (non-hydrogen) atoms. The summed E-state index contributed by atoms with van der Waals surface area (Å²) in [6.45, 7) is 4.58. The second-order valence-corrected chi connectivity index (χ2v) is 3.54. The molecule has 0 atom stereocenters. The maximum Gasteiger partial charge on any atom is 0.0175 e. The molecule has 0 radical (unpaired) electrons. The molecule has 0 heterocycles. The van der Waals surface area contributed by atoms with Crippen LogP contribution in [0.25, 0.3) is 0 Å². The highest BCUT2D eigenvalue weighted by molar-refractivity contribution is 14.1. The molecule has 0 unspecified atom stereocenters. The fraction of sp³-hybridized carbons (Fsp3) is 0.778. The van der Waals surface area contributed by atoms with Gasteiger partial charge in [-0.3, -0.25) is 0 Å². The molecule has 0 saturated heterocycles. The van der Waals surface area contributed by atoms with Crippen LogP contribution in [0.15, 0.2) is 12.2 Å². The van der Waals surface area contributed by atoms with E-state index in [1.807, 2.05) is 0 Å². The number of rotatable bonds is 6. The van der Waals surface area contributed by atoms with E-state index in [4.69, 9.17) is 0 Å². The lowest BCUT2D eigenvalue weighted by atomic mass is 10.3. The van der Waals surface area contributed by atoms with Crippen LogP contribution in [0.4, 0.5) is 0 Å². The van der Waals surface area contributed by atoms with Crippen LogP contribution in [0.5, 0.6) is 0 Å². The number of allylic oxidation sites excluding steroid dienone is 2. The summed E-state index contributed by atoms with van der Waals surface area (Å²) >= 11 is 2.36. The quantitative estimate of drug-likeness (QED) is 0.309. The van der Waals surface area contributed by atoms with E-state index in [9.17, 15) is 0 Å². The average molecular weight is 267 g/mol. The van der Waals surface area contributed by atoms with E-state index in [2.05, 4.69) is 53.6 Å². The van der Waals surface area contributed by atoms with Crippen LogP contribution in [-0.2, 0) is 0 Å². The van der Waals surface area contributed by atoms with E-state index in [0.717, 1.165) is 11.0 Å². The van der Waals surface area contributed by atoms with Gasteiger partial charge < -0.3 is 4.90 Å². The summed E-state index contributed by atoms with van der Waals surface area (Å²) in [6, 6.07) is 0. The first-order valence-electron chi connectivity index (χ1n) is 4.20. The van der Waals surface area contributed by atoms with E-state index in [0.29, 0.717) is 0 Å². The van der Waals surface area contributed by atoms with Crippen LogP contribution in [0, 0.1) is 0 Å². The number of nitrogens with zero attached hydrogens (tertiary/aromatic N) is 1. The number of hydrogen-bond acceptors (Lipinski definition) is 1. The van der Waals surface area contributed by atoms with Crippen LogP contribution in [0.2, 0.25) is 0 Å². The van der Waals surface area contributed by atoms with Gasteiger partial charge in [-0.1, -0.05) is 41.7 Å². The van der Waals surface area contributed by atoms with Crippen LogP contribution in [0.1, 0.15) is 19.8 Å². The summed E-state index contributed by atoms with van der Waals surface area (Å²) in [7, 11) is 2.17. The zero-order valence-electron chi connectivity index (χ0n) is 7.52. The van der Waals surface area contributed by atoms with Crippen molar-refractivity contribution in [3.8, 4) is 0 Å². The number of unbranched alkanes of at least 4 members (excludes halogenated alkanes) is 1. The Hall–Kier alpha value is 0.430. The third-order valence-corrected chi connectivity index (χ3v) is 2.21. The number of alkyl halides is 1. The predicted octanol–water partition coefficient (Wildman–Crippen LogP) is 2.71. The van der Waals surface area contributed by atoms with Gasteiger partial charge >= 0.3 is 0 Å². The van der Waals surface area contributed by atoms with Gasteiger partial charge in [0.15, 0.2) is 0 Å². The van der Waals surface area contributed by atoms with E-state index in [-0.39, 0.29) is 0 Å². The molecule has 2 heteroatoms. The minimum absolute atomic E-state index is 1.14. The first-order valence-corrected chi connectivity index (χ1v) is 5.73. The molecule has 0 fully saturated rings. The molecule has 0 aliphatic carbocycles. The smallest absolute Gasteiger partial charge is 0.0175 e. The summed E-state index contributed by atoms with van der Waals surface area (Å²) in [4.78, 5) is 2.35. The summed E-state index contributed by atoms with van der Waals surface area (Å²) in [5.41, 5.74) is 0. The Morgan fingerprint density at radius 2 is 2.09 bits per heavy atom. The molecular weight excluding hydrogens is 249 g/mol. The van der Waals surface area contributed by atoms with E-state index in [1.54, 1.807) is 0 Å². The Morgan fingerprint density at radius 3 is 2.64 bits per heavy atom. The minimum Gasteiger partial charge on any atom is -0.307 e. The molecule has 0 rings (SSSR count). The van der Waals surface area contributed by atoms with Crippen LogP contribution in [0.3, 0.4) is 0 Å². The van der Waals surface area contributed by atoms with Gasteiger partial charge in [0, 0.05) is 4.43 Å². The number of halogens is 1. The second-order valence-electron chi connectivity index (χ2n) is 2.66. The highest BCUT2D eigenvalue weighted by Crippen LogP contribution is 1.94. The molecule has 0 aromatic heterocycles. The Kier molecular flexibility index (Phi) is 8.86. The second kappa shape index (κ2) is 8.53. The summed E-state index contributed by atoms with van der Waals surface area (Å²) in [5, 5.41) is 0. The number of hydrogen-bond donors (Lipinski definition) is 0. The van der Waals surface area contributed by atoms with Gasteiger partial charge in [0.25, 0.3) is 0 Å². The first kappa shape index (κ1) is 11.4. The van der Waals surface area contributed by atoms with Gasteiger partial charge in [0.1, 0.15) is 0 Å². The monoisotopic (exact) mass is 267 g/mol. The Labute approximate surface area is 84.0 Å². The van der Waals surface area contributed by atoms with E-state index in [1.165, 1.54) is 19.4 Å². The molecule has 0 aromatic rings. The van der Waals surface area contributed by atoms with Crippen molar-refractivity contribution in [1.82, 2.24) is 4.90 Å². The maximum absolute atomic E-state index is 2.36. The van der Waals surface area contributed by atoms with Crippen LogP contribution < -0.4 is 0 Å². The maximum atomic E-state index is 2.36. The van der Waals surface area contributed by atoms with Gasteiger partial charge in [-0.15, -0.1) is 0 Å². The zero-order valence-corrected chi connectivity index (χ0v) is 9.67. The largest absolute Gasteiger partial charge is 0.307 e. The predicted molar refractivity (Wildman–Crippen MR) is 60.4 cm³/mol. The molecule has 0 bridgehead atoms. The molecule has 0 N–H and O–H groups in total. The first-order chi connectivity index (χ1) is 5.31. The van der Waals surface area contributed by atoms with Crippen molar-refractivity contribution in [2.45, 2.75) is 19.8 Å². The highest BCUT2D eigenvalue weighted by atomic mass is 127. The molecular formula is C9H18IN. The zero-order chi connectivity index (χ0) is 8.53. The molecule has 0 saturated carbocycles. The molecule has 0 aliphatic heterocycles. The fourth-order valence-corrected chi connectivity index (χ4v) is 1.18. The van der Waals surface area contributed by atoms with Crippen molar-refractivity contribution in [3.63, 3.8) is 0 Å². The van der Waals surface area contributed by atoms with Crippen molar-refractivity contribution in [2.75, 3.05) is 24.6 Å². The lowest BCUT2D eigenvalue weighted by molar-refractivity contribution is 0.348. The SMILES string of the molecule is CCN(C)CCC/C=C/CI. The summed E-state index contributed by atoms with van der Waals surface area (Å²) in [5.74, 6) is 0. The molecule has 1 nitrogen and oxygen atoms in total.